The van der Waals surface area contributed by atoms with Crippen molar-refractivity contribution in [2.75, 3.05) is 26.6 Å². The molecule has 0 saturated carbocycles. The summed E-state index contributed by atoms with van der Waals surface area (Å²) in [6, 6.07) is 5.28. The van der Waals surface area contributed by atoms with Crippen LogP contribution in [0.5, 0.6) is 0 Å². The van der Waals surface area contributed by atoms with Gasteiger partial charge in [-0.15, -0.1) is 5.10 Å². The van der Waals surface area contributed by atoms with Crippen LogP contribution in [0.3, 0.4) is 0 Å². The van der Waals surface area contributed by atoms with Gasteiger partial charge in [0.25, 0.3) is 0 Å². The van der Waals surface area contributed by atoms with Crippen LogP contribution in [0.15, 0.2) is 18.2 Å². The number of benzene rings is 1. The van der Waals surface area contributed by atoms with Crippen LogP contribution < -0.4 is 5.73 Å². The van der Waals surface area contributed by atoms with Crippen LogP contribution in [-0.2, 0) is 16.0 Å². The van der Waals surface area contributed by atoms with Crippen molar-refractivity contribution in [3.63, 3.8) is 0 Å². The molecule has 7 nitrogen and oxygen atoms in total. The second-order valence-corrected chi connectivity index (χ2v) is 4.64. The van der Waals surface area contributed by atoms with E-state index < -0.39 is 0 Å². The molecule has 20 heavy (non-hydrogen) atoms. The SMILES string of the molecule is COCC(Cn1nnnc1-c1ccc(N)c(Cl)c1)OC. The van der Waals surface area contributed by atoms with Gasteiger partial charge in [-0.2, -0.15) is 0 Å². The summed E-state index contributed by atoms with van der Waals surface area (Å²) in [6.07, 6.45) is -0.133. The number of methoxy groups -OCH3 is 2. The van der Waals surface area contributed by atoms with Crippen molar-refractivity contribution in [1.29, 1.82) is 0 Å². The molecule has 1 unspecified atom stereocenters. The second kappa shape index (κ2) is 6.65. The highest BCUT2D eigenvalue weighted by atomic mass is 35.5. The number of anilines is 1. The lowest BCUT2D eigenvalue weighted by atomic mass is 10.2. The highest BCUT2D eigenvalue weighted by Crippen LogP contribution is 2.25. The number of hydrogen-bond acceptors (Lipinski definition) is 6. The van der Waals surface area contributed by atoms with Gasteiger partial charge < -0.3 is 15.2 Å². The van der Waals surface area contributed by atoms with Crippen molar-refractivity contribution in [3.8, 4) is 11.4 Å². The first-order valence-corrected chi connectivity index (χ1v) is 6.36. The molecule has 0 aliphatic rings. The van der Waals surface area contributed by atoms with E-state index in [2.05, 4.69) is 15.5 Å². The first-order valence-electron chi connectivity index (χ1n) is 5.99. The van der Waals surface area contributed by atoms with E-state index >= 15 is 0 Å². The number of ether oxygens (including phenoxy) is 2. The van der Waals surface area contributed by atoms with Crippen LogP contribution in [0.2, 0.25) is 5.02 Å². The Morgan fingerprint density at radius 2 is 2.20 bits per heavy atom. The van der Waals surface area contributed by atoms with Crippen LogP contribution in [0.25, 0.3) is 11.4 Å². The predicted molar refractivity (Wildman–Crippen MR) is 75.3 cm³/mol. The summed E-state index contributed by atoms with van der Waals surface area (Å²) in [4.78, 5) is 0. The van der Waals surface area contributed by atoms with Gasteiger partial charge in [0.2, 0.25) is 0 Å². The minimum absolute atomic E-state index is 0.133. The largest absolute Gasteiger partial charge is 0.398 e. The molecule has 0 amide bonds. The zero-order valence-electron chi connectivity index (χ0n) is 11.3. The van der Waals surface area contributed by atoms with Crippen LogP contribution in [0.1, 0.15) is 0 Å². The molecule has 0 bridgehead atoms. The number of nitrogens with two attached hydrogens (primary N) is 1. The monoisotopic (exact) mass is 297 g/mol. The molecule has 0 aliphatic heterocycles. The number of hydrogen-bond donors (Lipinski definition) is 1. The third-order valence-corrected chi connectivity index (χ3v) is 3.18. The predicted octanol–water partition coefficient (Wildman–Crippen LogP) is 1.24. The molecule has 8 heteroatoms. The summed E-state index contributed by atoms with van der Waals surface area (Å²) in [5.74, 6) is 0.602. The van der Waals surface area contributed by atoms with Crippen LogP contribution >= 0.6 is 11.6 Å². The number of nitrogen functional groups attached to an aromatic ring is 1. The normalized spacial score (nSPS) is 12.6. The molecule has 2 N–H and O–H groups in total. The number of nitrogens with zero attached hydrogens (tertiary/aromatic N) is 4. The van der Waals surface area contributed by atoms with E-state index in [-0.39, 0.29) is 6.10 Å². The Kier molecular flexibility index (Phi) is 4.89. The molecule has 2 aromatic rings. The molecule has 1 atom stereocenters. The van der Waals surface area contributed by atoms with Crippen molar-refractivity contribution in [3.05, 3.63) is 23.2 Å². The van der Waals surface area contributed by atoms with Gasteiger partial charge in [0.05, 0.1) is 23.9 Å². The fourth-order valence-corrected chi connectivity index (χ4v) is 1.96. The quantitative estimate of drug-likeness (QED) is 0.807. The van der Waals surface area contributed by atoms with Gasteiger partial charge in [-0.05, 0) is 28.6 Å². The van der Waals surface area contributed by atoms with Gasteiger partial charge in [-0.3, -0.25) is 0 Å². The second-order valence-electron chi connectivity index (χ2n) is 4.23. The topological polar surface area (TPSA) is 88.1 Å². The summed E-state index contributed by atoms with van der Waals surface area (Å²) in [5.41, 5.74) is 7.01. The van der Waals surface area contributed by atoms with Crippen molar-refractivity contribution >= 4 is 17.3 Å². The molecule has 108 valence electrons. The van der Waals surface area contributed by atoms with E-state index in [1.807, 2.05) is 6.07 Å². The van der Waals surface area contributed by atoms with Crippen molar-refractivity contribution in [2.24, 2.45) is 0 Å². The molecule has 2 rings (SSSR count). The average Bonchev–Trinajstić information content (AvgIpc) is 2.89. The maximum Gasteiger partial charge on any atom is 0.182 e. The Hall–Kier alpha value is -1.70. The van der Waals surface area contributed by atoms with Crippen molar-refractivity contribution in [1.82, 2.24) is 20.2 Å². The number of halogens is 1. The van der Waals surface area contributed by atoms with E-state index in [0.717, 1.165) is 5.56 Å². The van der Waals surface area contributed by atoms with E-state index in [1.54, 1.807) is 31.0 Å². The number of tetrazole rings is 1. The Bertz CT molecular complexity index is 575. The van der Waals surface area contributed by atoms with Crippen LogP contribution in [0.4, 0.5) is 5.69 Å². The molecule has 1 aromatic carbocycles. The first-order chi connectivity index (χ1) is 9.65. The Balaban J connectivity index is 2.25. The molecule has 1 aromatic heterocycles. The summed E-state index contributed by atoms with van der Waals surface area (Å²) in [5, 5.41) is 12.1. The van der Waals surface area contributed by atoms with Gasteiger partial charge in [-0.1, -0.05) is 11.6 Å². The van der Waals surface area contributed by atoms with Crippen molar-refractivity contribution in [2.45, 2.75) is 12.6 Å². The fourth-order valence-electron chi connectivity index (χ4n) is 1.77. The van der Waals surface area contributed by atoms with Crippen LogP contribution in [-0.4, -0.2) is 47.1 Å². The van der Waals surface area contributed by atoms with E-state index in [1.165, 1.54) is 0 Å². The standard InChI is InChI=1S/C12H16ClN5O2/c1-19-7-9(20-2)6-18-12(15-16-17-18)8-3-4-11(14)10(13)5-8/h3-5,9H,6-7,14H2,1-2H3. The van der Waals surface area contributed by atoms with Crippen molar-refractivity contribution < 1.29 is 9.47 Å². The van der Waals surface area contributed by atoms with Crippen LogP contribution in [0, 0.1) is 0 Å². The molecule has 1 heterocycles. The molecular formula is C12H16ClN5O2. The highest BCUT2D eigenvalue weighted by molar-refractivity contribution is 6.33. The Labute approximate surface area is 121 Å². The molecular weight excluding hydrogens is 282 g/mol. The maximum absolute atomic E-state index is 6.02. The van der Waals surface area contributed by atoms with Gasteiger partial charge >= 0.3 is 0 Å². The summed E-state index contributed by atoms with van der Waals surface area (Å²) in [6.45, 7) is 0.937. The molecule has 0 spiro atoms. The lowest BCUT2D eigenvalue weighted by molar-refractivity contribution is 0.0163. The van der Waals surface area contributed by atoms with Gasteiger partial charge in [0, 0.05) is 19.8 Å². The zero-order valence-corrected chi connectivity index (χ0v) is 12.0. The summed E-state index contributed by atoms with van der Waals surface area (Å²) >= 11 is 6.02. The summed E-state index contributed by atoms with van der Waals surface area (Å²) in [7, 11) is 3.24. The summed E-state index contributed by atoms with van der Waals surface area (Å²) < 4.78 is 12.0. The lowest BCUT2D eigenvalue weighted by Gasteiger charge is -2.14. The van der Waals surface area contributed by atoms with Gasteiger partial charge in [0.1, 0.15) is 6.10 Å². The Morgan fingerprint density at radius 3 is 2.85 bits per heavy atom. The van der Waals surface area contributed by atoms with E-state index in [0.29, 0.717) is 29.7 Å². The highest BCUT2D eigenvalue weighted by Gasteiger charge is 2.15. The lowest BCUT2D eigenvalue weighted by Crippen LogP contribution is -2.24. The Morgan fingerprint density at radius 1 is 1.40 bits per heavy atom. The molecule has 0 fully saturated rings. The average molecular weight is 298 g/mol. The first kappa shape index (κ1) is 14.7. The van der Waals surface area contributed by atoms with E-state index in [9.17, 15) is 0 Å². The van der Waals surface area contributed by atoms with Gasteiger partial charge in [-0.25, -0.2) is 4.68 Å². The van der Waals surface area contributed by atoms with E-state index in [4.69, 9.17) is 26.8 Å². The third kappa shape index (κ3) is 3.24. The number of aromatic nitrogens is 4. The zero-order chi connectivity index (χ0) is 14.5. The smallest absolute Gasteiger partial charge is 0.182 e. The van der Waals surface area contributed by atoms with Gasteiger partial charge in [0.15, 0.2) is 5.82 Å². The molecule has 0 radical (unpaired) electrons. The fraction of sp³-hybridized carbons (Fsp3) is 0.417. The molecule has 0 aliphatic carbocycles. The third-order valence-electron chi connectivity index (χ3n) is 2.85. The minimum atomic E-state index is -0.133. The maximum atomic E-state index is 6.02. The number of rotatable bonds is 6. The molecule has 0 saturated heterocycles. The minimum Gasteiger partial charge on any atom is -0.398 e.